The van der Waals surface area contributed by atoms with E-state index in [-0.39, 0.29) is 31.4 Å². The number of nitrogens with one attached hydrogen (secondary N) is 4. The number of carboxylic acids is 1. The number of carbonyl (C=O) groups excluding carboxylic acids is 4. The van der Waals surface area contributed by atoms with Gasteiger partial charge in [0.1, 0.15) is 18.1 Å². The maximum atomic E-state index is 13.4. The lowest BCUT2D eigenvalue weighted by Crippen LogP contribution is -2.58. The molecule has 4 amide bonds. The van der Waals surface area contributed by atoms with Crippen molar-refractivity contribution in [2.45, 2.75) is 49.9 Å². The lowest BCUT2D eigenvalue weighted by Gasteiger charge is -2.25. The maximum absolute atomic E-state index is 13.4. The summed E-state index contributed by atoms with van der Waals surface area (Å²) in [5.41, 5.74) is 12.5. The Morgan fingerprint density at radius 2 is 1.63 bits per heavy atom. The van der Waals surface area contributed by atoms with Gasteiger partial charge in [-0.1, -0.05) is 18.2 Å². The van der Waals surface area contributed by atoms with Gasteiger partial charge in [-0.2, -0.15) is 24.4 Å². The largest absolute Gasteiger partial charge is 0.480 e. The van der Waals surface area contributed by atoms with Gasteiger partial charge >= 0.3 is 5.97 Å². The van der Waals surface area contributed by atoms with Crippen LogP contribution in [0.5, 0.6) is 0 Å². The molecule has 9 N–H and O–H groups in total. The van der Waals surface area contributed by atoms with Crippen molar-refractivity contribution in [2.24, 2.45) is 11.5 Å². The highest BCUT2D eigenvalue weighted by Gasteiger charge is 2.30. The first-order valence-corrected chi connectivity index (χ1v) is 13.9. The van der Waals surface area contributed by atoms with E-state index in [0.717, 1.165) is 16.5 Å². The number of fused-ring (bicyclic) bond motifs is 1. The summed E-state index contributed by atoms with van der Waals surface area (Å²) in [6.07, 6.45) is 3.44. The van der Waals surface area contributed by atoms with E-state index in [1.165, 1.54) is 11.8 Å². The number of aromatic nitrogens is 1. The van der Waals surface area contributed by atoms with Gasteiger partial charge < -0.3 is 37.5 Å². The fraction of sp³-hybridized carbons (Fsp3) is 0.458. The monoisotopic (exact) mass is 566 g/mol. The summed E-state index contributed by atoms with van der Waals surface area (Å²) < 4.78 is 0. The van der Waals surface area contributed by atoms with Crippen LogP contribution in [0.2, 0.25) is 0 Å². The smallest absolute Gasteiger partial charge is 0.326 e. The van der Waals surface area contributed by atoms with Crippen molar-refractivity contribution in [3.63, 3.8) is 0 Å². The second-order valence-corrected chi connectivity index (χ2v) is 10.0. The third-order valence-corrected chi connectivity index (χ3v) is 6.84. The minimum absolute atomic E-state index is 0.0634. The highest BCUT2D eigenvalue weighted by Crippen LogP contribution is 2.19. The zero-order chi connectivity index (χ0) is 28.2. The average Bonchev–Trinajstić information content (AvgIpc) is 3.30. The second kappa shape index (κ2) is 15.2. The number of carboxylic acid groups (broad SMARTS) is 1. The number of benzene rings is 1. The summed E-state index contributed by atoms with van der Waals surface area (Å²) >= 11 is 5.48. The molecule has 2 aromatic rings. The minimum atomic E-state index is -1.36. The molecule has 4 atom stereocenters. The van der Waals surface area contributed by atoms with Crippen LogP contribution in [0.3, 0.4) is 0 Å². The Morgan fingerprint density at radius 1 is 1.00 bits per heavy atom. The summed E-state index contributed by atoms with van der Waals surface area (Å²) in [5.74, 6) is -3.43. The Kier molecular flexibility index (Phi) is 12.4. The summed E-state index contributed by atoms with van der Waals surface area (Å²) in [6.45, 7) is 0. The van der Waals surface area contributed by atoms with Crippen LogP contribution in [-0.4, -0.2) is 81.6 Å². The third-order valence-electron chi connectivity index (χ3n) is 5.80. The Bertz CT molecular complexity index is 1140. The topological polar surface area (TPSA) is 210 Å². The van der Waals surface area contributed by atoms with Gasteiger partial charge in [0.05, 0.1) is 6.04 Å². The average molecular weight is 567 g/mol. The number of thioether (sulfide) groups is 1. The summed E-state index contributed by atoms with van der Waals surface area (Å²) in [6, 6.07) is 2.99. The normalized spacial score (nSPS) is 14.2. The first-order chi connectivity index (χ1) is 18.1. The molecule has 0 aliphatic heterocycles. The van der Waals surface area contributed by atoms with Crippen molar-refractivity contribution in [1.82, 2.24) is 20.9 Å². The number of H-pyrrole nitrogens is 1. The zero-order valence-electron chi connectivity index (χ0n) is 20.9. The molecule has 0 saturated heterocycles. The molecule has 38 heavy (non-hydrogen) atoms. The van der Waals surface area contributed by atoms with Crippen LogP contribution < -0.4 is 27.4 Å². The number of thiol groups is 1. The van der Waals surface area contributed by atoms with Gasteiger partial charge in [-0.3, -0.25) is 19.2 Å². The van der Waals surface area contributed by atoms with Crippen molar-refractivity contribution in [3.8, 4) is 0 Å². The van der Waals surface area contributed by atoms with Crippen molar-refractivity contribution in [2.75, 3.05) is 17.8 Å². The van der Waals surface area contributed by atoms with Crippen LogP contribution in [0, 0.1) is 0 Å². The number of para-hydroxylation sites is 1. The van der Waals surface area contributed by atoms with E-state index < -0.39 is 53.8 Å². The van der Waals surface area contributed by atoms with Crippen LogP contribution in [0.25, 0.3) is 10.9 Å². The quantitative estimate of drug-likeness (QED) is 0.124. The van der Waals surface area contributed by atoms with Crippen molar-refractivity contribution < 1.29 is 29.1 Å². The van der Waals surface area contributed by atoms with E-state index in [0.29, 0.717) is 5.75 Å². The van der Waals surface area contributed by atoms with Gasteiger partial charge in [0, 0.05) is 35.7 Å². The number of carbonyl (C=O) groups is 5. The number of hydrogen-bond acceptors (Lipinski definition) is 8. The summed E-state index contributed by atoms with van der Waals surface area (Å²) in [4.78, 5) is 64.8. The van der Waals surface area contributed by atoms with E-state index in [2.05, 4.69) is 33.6 Å². The van der Waals surface area contributed by atoms with Crippen LogP contribution in [0.1, 0.15) is 24.8 Å². The highest BCUT2D eigenvalue weighted by atomic mass is 32.2. The predicted octanol–water partition coefficient (Wildman–Crippen LogP) is -0.475. The van der Waals surface area contributed by atoms with Gasteiger partial charge in [-0.15, -0.1) is 0 Å². The SMILES string of the molecule is CSCCC(NC(=O)C(Cc1c[nH]c2ccccc12)NC(=O)C(N)CS)C(=O)NC(CCC(N)=O)C(=O)O. The minimum Gasteiger partial charge on any atom is -0.480 e. The Morgan fingerprint density at radius 3 is 2.26 bits per heavy atom. The molecule has 1 heterocycles. The fourth-order valence-corrected chi connectivity index (χ4v) is 4.32. The zero-order valence-corrected chi connectivity index (χ0v) is 22.6. The van der Waals surface area contributed by atoms with E-state index in [9.17, 15) is 29.1 Å². The first kappa shape index (κ1) is 31.0. The Balaban J connectivity index is 2.25. The van der Waals surface area contributed by atoms with Crippen LogP contribution in [0.4, 0.5) is 0 Å². The van der Waals surface area contributed by atoms with Crippen molar-refractivity contribution >= 4 is 64.9 Å². The number of rotatable bonds is 16. The Labute approximate surface area is 229 Å². The van der Waals surface area contributed by atoms with E-state index in [4.69, 9.17) is 11.5 Å². The summed E-state index contributed by atoms with van der Waals surface area (Å²) in [7, 11) is 0. The van der Waals surface area contributed by atoms with Gasteiger partial charge in [-0.25, -0.2) is 4.79 Å². The molecular weight excluding hydrogens is 532 g/mol. The number of amides is 4. The standard InChI is InChI=1S/C24H34N6O6S2/c1-38-9-8-17(22(33)29-18(24(35)36)6-7-20(26)31)28-23(34)19(30-21(32)15(25)12-37)10-13-11-27-16-5-3-2-4-14(13)16/h2-5,11,15,17-19,27,37H,6-10,12,25H2,1H3,(H2,26,31)(H,28,34)(H,29,33)(H,30,32)(H,35,36). The predicted molar refractivity (Wildman–Crippen MR) is 149 cm³/mol. The van der Waals surface area contributed by atoms with Crippen molar-refractivity contribution in [3.05, 3.63) is 36.0 Å². The van der Waals surface area contributed by atoms with E-state index >= 15 is 0 Å². The second-order valence-electron chi connectivity index (χ2n) is 8.66. The van der Waals surface area contributed by atoms with Gasteiger partial charge in [0.2, 0.25) is 23.6 Å². The van der Waals surface area contributed by atoms with E-state index in [1.807, 2.05) is 30.5 Å². The molecular formula is C24H34N6O6S2. The highest BCUT2D eigenvalue weighted by molar-refractivity contribution is 7.98. The molecule has 0 aliphatic carbocycles. The lowest BCUT2D eigenvalue weighted by atomic mass is 10.0. The van der Waals surface area contributed by atoms with E-state index in [1.54, 1.807) is 6.20 Å². The molecule has 2 rings (SSSR count). The molecule has 0 spiro atoms. The molecule has 14 heteroatoms. The number of aromatic amines is 1. The fourth-order valence-electron chi connectivity index (χ4n) is 3.68. The molecule has 1 aromatic carbocycles. The van der Waals surface area contributed by atoms with Crippen molar-refractivity contribution in [1.29, 1.82) is 0 Å². The molecule has 0 fully saturated rings. The molecule has 0 aliphatic rings. The molecule has 0 saturated carbocycles. The van der Waals surface area contributed by atoms with Gasteiger partial charge in [0.25, 0.3) is 0 Å². The molecule has 208 valence electrons. The molecule has 0 bridgehead atoms. The molecule has 1 aromatic heterocycles. The number of hydrogen-bond donors (Lipinski definition) is 8. The molecule has 4 unspecified atom stereocenters. The molecule has 12 nitrogen and oxygen atoms in total. The molecule has 0 radical (unpaired) electrons. The number of aliphatic carboxylic acids is 1. The first-order valence-electron chi connectivity index (χ1n) is 11.9. The summed E-state index contributed by atoms with van der Waals surface area (Å²) in [5, 5.41) is 18.0. The van der Waals surface area contributed by atoms with Crippen LogP contribution in [-0.2, 0) is 30.4 Å². The number of primary amides is 1. The Hall–Kier alpha value is -3.23. The van der Waals surface area contributed by atoms with Crippen LogP contribution in [0.15, 0.2) is 30.5 Å². The third kappa shape index (κ3) is 9.26. The number of nitrogens with two attached hydrogens (primary N) is 2. The van der Waals surface area contributed by atoms with Gasteiger partial charge in [0.15, 0.2) is 0 Å². The van der Waals surface area contributed by atoms with Gasteiger partial charge in [-0.05, 0) is 36.5 Å². The maximum Gasteiger partial charge on any atom is 0.326 e. The lowest BCUT2D eigenvalue weighted by molar-refractivity contribution is -0.142. The van der Waals surface area contributed by atoms with Crippen LogP contribution >= 0.6 is 24.4 Å².